The normalized spacial score (nSPS) is 11.8. The summed E-state index contributed by atoms with van der Waals surface area (Å²) in [4.78, 5) is 4.59. The van der Waals surface area contributed by atoms with Gasteiger partial charge in [-0.2, -0.15) is 0 Å². The Kier molecular flexibility index (Phi) is 9.19. The molecule has 5 nitrogen and oxygen atoms in total. The molecular weight excluding hydrogens is 893 g/mol. The quantitative estimate of drug-likeness (QED) is 0.152. The summed E-state index contributed by atoms with van der Waals surface area (Å²) < 4.78 is 20.5. The van der Waals surface area contributed by atoms with Crippen LogP contribution in [0, 0.1) is 0 Å². The maximum Gasteiger partial charge on any atom is 0.136 e. The Balaban J connectivity index is 0.976. The molecule has 0 saturated carbocycles. The average Bonchev–Trinajstić information content (AvgIpc) is 4.15. The van der Waals surface area contributed by atoms with Gasteiger partial charge in [-0.3, -0.25) is 0 Å². The van der Waals surface area contributed by atoms with Gasteiger partial charge in [0.25, 0.3) is 0 Å². The van der Waals surface area contributed by atoms with Crippen molar-refractivity contribution in [2.24, 2.45) is 0 Å². The molecule has 0 fully saturated rings. The van der Waals surface area contributed by atoms with Gasteiger partial charge in [0.2, 0.25) is 0 Å². The minimum atomic E-state index is 0.816. The van der Waals surface area contributed by atoms with E-state index in [0.717, 1.165) is 144 Å². The van der Waals surface area contributed by atoms with Crippen LogP contribution in [0.2, 0.25) is 0 Å². The van der Waals surface area contributed by atoms with Crippen LogP contribution in [-0.4, -0.2) is 0 Å². The zero-order chi connectivity index (χ0) is 48.0. The summed E-state index contributed by atoms with van der Waals surface area (Å²) >= 11 is 0. The Bertz CT molecular complexity index is 4210. The van der Waals surface area contributed by atoms with Crippen LogP contribution >= 0.6 is 0 Å². The second-order valence-electron chi connectivity index (χ2n) is 18.8. The Morgan fingerprint density at radius 3 is 0.890 bits per heavy atom. The number of rotatable bonds is 8. The molecule has 0 radical (unpaired) electrons. The molecule has 0 aliphatic rings. The molecule has 0 unspecified atom stereocenters. The van der Waals surface area contributed by atoms with E-state index >= 15 is 0 Å². The van der Waals surface area contributed by atoms with Gasteiger partial charge in [-0.25, -0.2) is 0 Å². The van der Waals surface area contributed by atoms with E-state index in [0.29, 0.717) is 0 Å². The lowest BCUT2D eigenvalue weighted by atomic mass is 9.90. The van der Waals surface area contributed by atoms with Crippen molar-refractivity contribution in [1.82, 2.24) is 0 Å². The molecule has 0 amide bonds. The monoisotopic (exact) mass is 934 g/mol. The summed E-state index contributed by atoms with van der Waals surface area (Å²) in [5, 5.41) is 10.8. The third-order valence-electron chi connectivity index (χ3n) is 14.6. The first kappa shape index (κ1) is 41.0. The largest absolute Gasteiger partial charge is 0.456 e. The highest BCUT2D eigenvalue weighted by Gasteiger charge is 2.24. The number of hydrogen-bond donors (Lipinski definition) is 0. The molecule has 0 N–H and O–H groups in total. The molecule has 0 saturated heterocycles. The van der Waals surface area contributed by atoms with Gasteiger partial charge in [-0.15, -0.1) is 0 Å². The first-order chi connectivity index (χ1) is 36.2. The van der Waals surface area contributed by atoms with Crippen molar-refractivity contribution in [3.05, 3.63) is 255 Å². The minimum Gasteiger partial charge on any atom is -0.456 e. The first-order valence-corrected chi connectivity index (χ1v) is 24.7. The topological polar surface area (TPSA) is 45.9 Å². The number of nitrogens with zero attached hydrogens (tertiary/aromatic N) is 2. The van der Waals surface area contributed by atoms with Gasteiger partial charge in [0.15, 0.2) is 0 Å². The molecule has 12 aromatic carbocycles. The number of benzene rings is 12. The van der Waals surface area contributed by atoms with Crippen molar-refractivity contribution in [1.29, 1.82) is 0 Å². The number of furan rings is 3. The van der Waals surface area contributed by atoms with Gasteiger partial charge >= 0.3 is 0 Å². The standard InChI is InChI=1S/C68H42N2O3/c1-5-17-45(18-6-1)69(46-19-7-2-8-20-46)49-33-29-43(30-34-49)53-39-65-67(59-37-57-51-25-13-15-27-61(51)71-63(57)41-55(53)59)68-60-38-58-52-26-14-16-28-62(52)72-64(58)42-56(60)54(40-66(68)73-65)44-31-35-50(36-32-44)70(47-21-9-3-10-22-47)48-23-11-4-12-24-48/h1-42H. The third kappa shape index (κ3) is 6.63. The fourth-order valence-corrected chi connectivity index (χ4v) is 11.3. The first-order valence-electron chi connectivity index (χ1n) is 24.7. The van der Waals surface area contributed by atoms with Crippen LogP contribution in [0.1, 0.15) is 0 Å². The molecule has 0 spiro atoms. The van der Waals surface area contributed by atoms with Crippen molar-refractivity contribution in [2.45, 2.75) is 0 Å². The Morgan fingerprint density at radius 2 is 0.521 bits per heavy atom. The van der Waals surface area contributed by atoms with Crippen LogP contribution in [-0.2, 0) is 0 Å². The summed E-state index contributed by atoms with van der Waals surface area (Å²) in [7, 11) is 0. The summed E-state index contributed by atoms with van der Waals surface area (Å²) in [5.41, 5.74) is 15.8. The number of hydrogen-bond acceptors (Lipinski definition) is 5. The molecule has 73 heavy (non-hydrogen) atoms. The van der Waals surface area contributed by atoms with E-state index in [1.54, 1.807) is 0 Å². The van der Waals surface area contributed by atoms with E-state index in [-0.39, 0.29) is 0 Å². The lowest BCUT2D eigenvalue weighted by molar-refractivity contribution is 0.668. The van der Waals surface area contributed by atoms with Gasteiger partial charge in [-0.1, -0.05) is 133 Å². The second-order valence-corrected chi connectivity index (χ2v) is 18.8. The molecule has 0 aliphatic heterocycles. The van der Waals surface area contributed by atoms with E-state index in [1.807, 2.05) is 12.1 Å². The zero-order valence-electron chi connectivity index (χ0n) is 39.4. The van der Waals surface area contributed by atoms with E-state index in [1.165, 1.54) is 0 Å². The summed E-state index contributed by atoms with van der Waals surface area (Å²) in [6.07, 6.45) is 0. The van der Waals surface area contributed by atoms with Gasteiger partial charge in [0.1, 0.15) is 33.5 Å². The molecule has 3 aromatic heterocycles. The Hall–Kier alpha value is -9.84. The highest BCUT2D eigenvalue weighted by atomic mass is 16.3. The van der Waals surface area contributed by atoms with Crippen LogP contribution in [0.25, 0.3) is 110 Å². The number of anilines is 6. The lowest BCUT2D eigenvalue weighted by Gasteiger charge is -2.25. The van der Waals surface area contributed by atoms with Gasteiger partial charge in [0.05, 0.1) is 0 Å². The van der Waals surface area contributed by atoms with Crippen molar-refractivity contribution in [2.75, 3.05) is 9.80 Å². The predicted molar refractivity (Wildman–Crippen MR) is 304 cm³/mol. The fraction of sp³-hybridized carbons (Fsp3) is 0. The summed E-state index contributed by atoms with van der Waals surface area (Å²) in [6.45, 7) is 0. The zero-order valence-corrected chi connectivity index (χ0v) is 39.4. The van der Waals surface area contributed by atoms with E-state index in [2.05, 4.69) is 252 Å². The SMILES string of the molecule is c1ccc(N(c2ccccc2)c2ccc(-c3cc4oc5cc(-c6ccc(N(c7ccccc7)c7ccccc7)cc6)c6cc7oc8ccccc8c7cc6c5c4c4cc5c(cc34)oc3ccccc35)cc2)cc1. The van der Waals surface area contributed by atoms with Crippen LogP contribution < -0.4 is 9.80 Å². The van der Waals surface area contributed by atoms with Crippen molar-refractivity contribution in [3.63, 3.8) is 0 Å². The minimum absolute atomic E-state index is 0.816. The van der Waals surface area contributed by atoms with Gasteiger partial charge in [-0.05, 0) is 165 Å². The van der Waals surface area contributed by atoms with Crippen LogP contribution in [0.4, 0.5) is 34.1 Å². The lowest BCUT2D eigenvalue weighted by Crippen LogP contribution is -2.09. The number of fused-ring (bicyclic) bond motifs is 13. The third-order valence-corrected chi connectivity index (χ3v) is 14.6. The van der Waals surface area contributed by atoms with Gasteiger partial charge < -0.3 is 23.1 Å². The van der Waals surface area contributed by atoms with E-state index < -0.39 is 0 Å². The van der Waals surface area contributed by atoms with Crippen molar-refractivity contribution < 1.29 is 13.3 Å². The van der Waals surface area contributed by atoms with Crippen LogP contribution in [0.15, 0.2) is 268 Å². The van der Waals surface area contributed by atoms with E-state index in [9.17, 15) is 0 Å². The molecule has 0 aliphatic carbocycles. The summed E-state index contributed by atoms with van der Waals surface area (Å²) in [5.74, 6) is 0. The molecule has 3 heterocycles. The van der Waals surface area contributed by atoms with E-state index in [4.69, 9.17) is 13.3 Å². The molecule has 342 valence electrons. The molecule has 0 atom stereocenters. The summed E-state index contributed by atoms with van der Waals surface area (Å²) in [6, 6.07) is 90.1. The van der Waals surface area contributed by atoms with Crippen LogP contribution in [0.5, 0.6) is 0 Å². The Morgan fingerprint density at radius 1 is 0.205 bits per heavy atom. The number of para-hydroxylation sites is 6. The average molecular weight is 935 g/mol. The maximum absolute atomic E-state index is 7.25. The molecular formula is C68H42N2O3. The van der Waals surface area contributed by atoms with Crippen LogP contribution in [0.3, 0.4) is 0 Å². The molecule has 5 heteroatoms. The smallest absolute Gasteiger partial charge is 0.136 e. The van der Waals surface area contributed by atoms with Gasteiger partial charge in [0, 0.05) is 66.4 Å². The van der Waals surface area contributed by atoms with Crippen molar-refractivity contribution >= 4 is 121 Å². The highest BCUT2D eigenvalue weighted by Crippen LogP contribution is 2.49. The maximum atomic E-state index is 7.25. The Labute approximate surface area is 419 Å². The fourth-order valence-electron chi connectivity index (χ4n) is 11.3. The molecule has 0 bridgehead atoms. The molecule has 15 aromatic rings. The highest BCUT2D eigenvalue weighted by molar-refractivity contribution is 6.32. The predicted octanol–water partition coefficient (Wildman–Crippen LogP) is 20.0. The second kappa shape index (κ2) is 16.4. The van der Waals surface area contributed by atoms with Crippen molar-refractivity contribution in [3.8, 4) is 22.3 Å². The molecule has 15 rings (SSSR count).